The maximum Gasteiger partial charge on any atom is 0.269 e. The van der Waals surface area contributed by atoms with Crippen molar-refractivity contribution in [2.75, 3.05) is 5.32 Å². The molecule has 130 valence electrons. The molecule has 0 radical (unpaired) electrons. The zero-order valence-electron chi connectivity index (χ0n) is 13.4. The van der Waals surface area contributed by atoms with Crippen LogP contribution in [-0.2, 0) is 11.2 Å². The Kier molecular flexibility index (Phi) is 6.48. The number of anilines is 1. The topological polar surface area (TPSA) is 98.6 Å². The maximum atomic E-state index is 12.3. The first kappa shape index (κ1) is 19.3. The number of aromatic nitrogens is 2. The fourth-order valence-electron chi connectivity index (χ4n) is 1.97. The highest BCUT2D eigenvalue weighted by atomic mass is 35.5. The standard InChI is InChI=1S/C16H14Cl2N4O2S/c1-3-12-10(7-19)15(24)22-16(21-12)25-8(2)14(23)20-13-6-9(17)4-5-11(13)18/h4-6,8H,3H2,1-2H3,(H,20,23)(H,21,22,24)/t8-/m0/s1. The largest absolute Gasteiger partial charge is 0.324 e. The second-order valence-corrected chi connectivity index (χ2v) is 7.20. The third-order valence-corrected chi connectivity index (χ3v) is 4.81. The number of nitrogens with one attached hydrogen (secondary N) is 2. The smallest absolute Gasteiger partial charge is 0.269 e. The Hall–Kier alpha value is -2.01. The highest BCUT2D eigenvalue weighted by Crippen LogP contribution is 2.27. The molecule has 1 atom stereocenters. The third-order valence-electron chi connectivity index (χ3n) is 3.26. The van der Waals surface area contributed by atoms with E-state index < -0.39 is 10.8 Å². The number of aromatic amines is 1. The van der Waals surface area contributed by atoms with Crippen molar-refractivity contribution in [3.05, 3.63) is 49.9 Å². The van der Waals surface area contributed by atoms with Crippen LogP contribution in [0.5, 0.6) is 0 Å². The highest BCUT2D eigenvalue weighted by Gasteiger charge is 2.19. The van der Waals surface area contributed by atoms with Crippen LogP contribution in [0.3, 0.4) is 0 Å². The van der Waals surface area contributed by atoms with Crippen LogP contribution < -0.4 is 10.9 Å². The van der Waals surface area contributed by atoms with E-state index in [0.29, 0.717) is 27.8 Å². The van der Waals surface area contributed by atoms with Gasteiger partial charge in [-0.3, -0.25) is 9.59 Å². The molecule has 0 aliphatic rings. The molecule has 0 bridgehead atoms. The Morgan fingerprint density at radius 3 is 2.84 bits per heavy atom. The molecule has 2 N–H and O–H groups in total. The van der Waals surface area contributed by atoms with E-state index >= 15 is 0 Å². The van der Waals surface area contributed by atoms with Gasteiger partial charge in [0, 0.05) is 5.02 Å². The molecule has 2 aromatic rings. The van der Waals surface area contributed by atoms with E-state index in [9.17, 15) is 9.59 Å². The number of amides is 1. The molecular weight excluding hydrogens is 383 g/mol. The predicted octanol–water partition coefficient (Wildman–Crippen LogP) is 3.63. The molecule has 1 aromatic heterocycles. The molecule has 9 heteroatoms. The van der Waals surface area contributed by atoms with Gasteiger partial charge in [-0.15, -0.1) is 0 Å². The third kappa shape index (κ3) is 4.75. The van der Waals surface area contributed by atoms with E-state index in [0.717, 1.165) is 11.8 Å². The number of carbonyl (C=O) groups is 1. The Morgan fingerprint density at radius 2 is 2.20 bits per heavy atom. The maximum absolute atomic E-state index is 12.3. The van der Waals surface area contributed by atoms with E-state index in [1.807, 2.05) is 6.07 Å². The molecule has 0 unspecified atom stereocenters. The quantitative estimate of drug-likeness (QED) is 0.593. The lowest BCUT2D eigenvalue weighted by Crippen LogP contribution is -2.24. The van der Waals surface area contributed by atoms with Crippen molar-refractivity contribution in [2.45, 2.75) is 30.7 Å². The summed E-state index contributed by atoms with van der Waals surface area (Å²) in [6.45, 7) is 3.47. The minimum atomic E-state index is -0.559. The number of carbonyl (C=O) groups excluding carboxylic acids is 1. The first-order chi connectivity index (χ1) is 11.8. The normalized spacial score (nSPS) is 11.6. The van der Waals surface area contributed by atoms with Crippen LogP contribution in [0.1, 0.15) is 25.1 Å². The second-order valence-electron chi connectivity index (χ2n) is 5.03. The van der Waals surface area contributed by atoms with Gasteiger partial charge in [0.1, 0.15) is 11.6 Å². The van der Waals surface area contributed by atoms with Crippen molar-refractivity contribution in [2.24, 2.45) is 0 Å². The van der Waals surface area contributed by atoms with Gasteiger partial charge in [-0.25, -0.2) is 4.98 Å². The first-order valence-electron chi connectivity index (χ1n) is 7.31. The van der Waals surface area contributed by atoms with Crippen LogP contribution >= 0.6 is 35.0 Å². The molecule has 0 saturated carbocycles. The molecular formula is C16H14Cl2N4O2S. The zero-order valence-corrected chi connectivity index (χ0v) is 15.7. The van der Waals surface area contributed by atoms with E-state index in [1.54, 1.807) is 32.0 Å². The molecule has 0 saturated heterocycles. The highest BCUT2D eigenvalue weighted by molar-refractivity contribution is 8.00. The number of nitrogens with zero attached hydrogens (tertiary/aromatic N) is 2. The zero-order chi connectivity index (χ0) is 18.6. The van der Waals surface area contributed by atoms with Gasteiger partial charge < -0.3 is 10.3 Å². The van der Waals surface area contributed by atoms with Crippen molar-refractivity contribution < 1.29 is 4.79 Å². The van der Waals surface area contributed by atoms with Crippen LogP contribution in [-0.4, -0.2) is 21.1 Å². The summed E-state index contributed by atoms with van der Waals surface area (Å²) in [5.41, 5.74) is 0.290. The van der Waals surface area contributed by atoms with Gasteiger partial charge in [0.05, 0.1) is 21.7 Å². The molecule has 1 amide bonds. The van der Waals surface area contributed by atoms with Crippen molar-refractivity contribution in [3.63, 3.8) is 0 Å². The molecule has 25 heavy (non-hydrogen) atoms. The second kappa shape index (κ2) is 8.39. The number of aryl methyl sites for hydroxylation is 1. The van der Waals surface area contributed by atoms with Gasteiger partial charge in [-0.05, 0) is 31.5 Å². The van der Waals surface area contributed by atoms with Gasteiger partial charge in [0.15, 0.2) is 5.16 Å². The molecule has 2 rings (SSSR count). The summed E-state index contributed by atoms with van der Waals surface area (Å²) in [6, 6.07) is 6.60. The van der Waals surface area contributed by atoms with Gasteiger partial charge in [0.25, 0.3) is 5.56 Å². The SMILES string of the molecule is CCc1nc(S[C@@H](C)C(=O)Nc2cc(Cl)ccc2Cl)[nH]c(=O)c1C#N. The van der Waals surface area contributed by atoms with Gasteiger partial charge in [-0.2, -0.15) is 5.26 Å². The van der Waals surface area contributed by atoms with Crippen LogP contribution in [0.2, 0.25) is 10.0 Å². The van der Waals surface area contributed by atoms with Crippen LogP contribution in [0.25, 0.3) is 0 Å². The lowest BCUT2D eigenvalue weighted by atomic mass is 10.2. The van der Waals surface area contributed by atoms with Crippen LogP contribution in [0.4, 0.5) is 5.69 Å². The van der Waals surface area contributed by atoms with Crippen molar-refractivity contribution in [1.29, 1.82) is 5.26 Å². The average molecular weight is 397 g/mol. The molecule has 0 aliphatic heterocycles. The Labute approximate surface area is 158 Å². The van der Waals surface area contributed by atoms with Crippen molar-refractivity contribution in [3.8, 4) is 6.07 Å². The summed E-state index contributed by atoms with van der Waals surface area (Å²) in [4.78, 5) is 31.0. The summed E-state index contributed by atoms with van der Waals surface area (Å²) in [5.74, 6) is -0.320. The number of H-pyrrole nitrogens is 1. The summed E-state index contributed by atoms with van der Waals surface area (Å²) in [7, 11) is 0. The van der Waals surface area contributed by atoms with E-state index in [4.69, 9.17) is 28.5 Å². The summed E-state index contributed by atoms with van der Waals surface area (Å²) in [5, 5.41) is 12.2. The lowest BCUT2D eigenvalue weighted by Gasteiger charge is -2.13. The fraction of sp³-hybridized carbons (Fsp3) is 0.250. The summed E-state index contributed by atoms with van der Waals surface area (Å²) < 4.78 is 0. The molecule has 0 aliphatic carbocycles. The van der Waals surface area contributed by atoms with Gasteiger partial charge >= 0.3 is 0 Å². The number of hydrogen-bond donors (Lipinski definition) is 2. The molecule has 6 nitrogen and oxygen atoms in total. The number of halogens is 2. The van der Waals surface area contributed by atoms with Crippen molar-refractivity contribution in [1.82, 2.24) is 9.97 Å². The Balaban J connectivity index is 2.16. The number of thioether (sulfide) groups is 1. The fourth-order valence-corrected chi connectivity index (χ4v) is 3.12. The molecule has 0 fully saturated rings. The van der Waals surface area contributed by atoms with Crippen LogP contribution in [0.15, 0.2) is 28.2 Å². The van der Waals surface area contributed by atoms with E-state index in [2.05, 4.69) is 15.3 Å². The number of hydrogen-bond acceptors (Lipinski definition) is 5. The van der Waals surface area contributed by atoms with Gasteiger partial charge in [-0.1, -0.05) is 41.9 Å². The first-order valence-corrected chi connectivity index (χ1v) is 8.95. The molecule has 1 heterocycles. The number of nitriles is 1. The van der Waals surface area contributed by atoms with E-state index in [1.165, 1.54) is 0 Å². The molecule has 0 spiro atoms. The minimum absolute atomic E-state index is 0.00494. The Bertz CT molecular complexity index is 908. The van der Waals surface area contributed by atoms with Crippen molar-refractivity contribution >= 4 is 46.6 Å². The number of benzene rings is 1. The van der Waals surface area contributed by atoms with Gasteiger partial charge in [0.2, 0.25) is 5.91 Å². The summed E-state index contributed by atoms with van der Waals surface area (Å²) >= 11 is 13.0. The predicted molar refractivity (Wildman–Crippen MR) is 99.4 cm³/mol. The van der Waals surface area contributed by atoms with E-state index in [-0.39, 0.29) is 16.6 Å². The molecule has 1 aromatic carbocycles. The summed E-state index contributed by atoms with van der Waals surface area (Å²) in [6.07, 6.45) is 0.444. The Morgan fingerprint density at radius 1 is 1.48 bits per heavy atom. The average Bonchev–Trinajstić information content (AvgIpc) is 2.57. The lowest BCUT2D eigenvalue weighted by molar-refractivity contribution is -0.115. The monoisotopic (exact) mass is 396 g/mol. The van der Waals surface area contributed by atoms with Crippen LogP contribution in [0, 0.1) is 11.3 Å². The number of rotatable bonds is 5. The minimum Gasteiger partial charge on any atom is -0.324 e.